The summed E-state index contributed by atoms with van der Waals surface area (Å²) in [6.07, 6.45) is 3.50. The highest BCUT2D eigenvalue weighted by Crippen LogP contribution is 2.23. The van der Waals surface area contributed by atoms with Crippen LogP contribution in [0.25, 0.3) is 11.2 Å². The summed E-state index contributed by atoms with van der Waals surface area (Å²) in [6, 6.07) is 11.7. The van der Waals surface area contributed by atoms with Gasteiger partial charge in [0.05, 0.1) is 12.0 Å². The van der Waals surface area contributed by atoms with Gasteiger partial charge in [0.1, 0.15) is 0 Å². The molecule has 0 saturated heterocycles. The summed E-state index contributed by atoms with van der Waals surface area (Å²) in [5.74, 6) is 0.380. The van der Waals surface area contributed by atoms with Crippen LogP contribution in [-0.4, -0.2) is 28.3 Å². The minimum absolute atomic E-state index is 0.380. The number of nitrogens with zero attached hydrogens (tertiary/aromatic N) is 4. The molecule has 0 saturated carbocycles. The zero-order chi connectivity index (χ0) is 21.6. The summed E-state index contributed by atoms with van der Waals surface area (Å²) < 4.78 is 38.0. The maximum Gasteiger partial charge on any atom is 0.312 e. The van der Waals surface area contributed by atoms with E-state index in [1.165, 1.54) is 0 Å². The van der Waals surface area contributed by atoms with Crippen LogP contribution in [0, 0.1) is 6.08 Å². The lowest BCUT2D eigenvalue weighted by Gasteiger charge is -2.07. The number of thiophene rings is 1. The summed E-state index contributed by atoms with van der Waals surface area (Å²) >= 11 is -0.519. The molecule has 1 aromatic carbocycles. The quantitative estimate of drug-likeness (QED) is 0.186. The molecule has 162 valence electrons. The molecule has 31 heavy (non-hydrogen) atoms. The Morgan fingerprint density at radius 2 is 2.03 bits per heavy atom. The van der Waals surface area contributed by atoms with Gasteiger partial charge in [-0.15, -0.1) is 11.3 Å². The average molecular weight is 461 g/mol. The molecule has 4 aromatic rings. The third-order valence-corrected chi connectivity index (χ3v) is 6.08. The van der Waals surface area contributed by atoms with Gasteiger partial charge in [-0.05, 0) is 30.9 Å². The Morgan fingerprint density at radius 1 is 1.19 bits per heavy atom. The first-order valence-corrected chi connectivity index (χ1v) is 11.7. The summed E-state index contributed by atoms with van der Waals surface area (Å²) in [6.45, 7) is 1.17. The number of rotatable bonds is 10. The minimum atomic E-state index is -2.06. The van der Waals surface area contributed by atoms with Gasteiger partial charge in [0.15, 0.2) is 17.0 Å². The van der Waals surface area contributed by atoms with Crippen LogP contribution < -0.4 is 10.0 Å². The summed E-state index contributed by atoms with van der Waals surface area (Å²) in [7, 11) is 0. The molecule has 0 spiro atoms. The maximum atomic E-state index is 14.0. The summed E-state index contributed by atoms with van der Waals surface area (Å²) in [5, 5.41) is 4.97. The molecule has 0 aliphatic carbocycles. The Kier molecular flexibility index (Phi) is 6.85. The standard InChI is InChI=1S/C20H21FN6O2S2/c21-20-24-18(22-11-14-6-2-1-3-7-14)17-19(25-20)27(13-23-17)9-5-4-8-16-10-15(12-30-16)26-31(28)29/h1-3,6-7,10,12-13,26H,4-5,8-9,11H2,(H,28,29)(H,22,24,25). The number of nitrogens with one attached hydrogen (secondary N) is 2. The average Bonchev–Trinajstić information content (AvgIpc) is 3.36. The van der Waals surface area contributed by atoms with E-state index in [-0.39, 0.29) is 0 Å². The van der Waals surface area contributed by atoms with E-state index in [1.54, 1.807) is 17.7 Å². The predicted octanol–water partition coefficient (Wildman–Crippen LogP) is 4.21. The van der Waals surface area contributed by atoms with Gasteiger partial charge in [0.25, 0.3) is 11.3 Å². The van der Waals surface area contributed by atoms with Crippen molar-refractivity contribution < 1.29 is 13.2 Å². The molecule has 3 heterocycles. The first kappa shape index (κ1) is 21.3. The van der Waals surface area contributed by atoms with Crippen LogP contribution in [-0.2, 0) is 30.8 Å². The van der Waals surface area contributed by atoms with Crippen molar-refractivity contribution in [3.05, 3.63) is 64.6 Å². The van der Waals surface area contributed by atoms with Gasteiger partial charge in [-0.3, -0.25) is 9.27 Å². The number of imidazole rings is 1. The maximum absolute atomic E-state index is 14.0. The second kappa shape index (κ2) is 9.94. The highest BCUT2D eigenvalue weighted by atomic mass is 32.2. The van der Waals surface area contributed by atoms with E-state index in [9.17, 15) is 8.60 Å². The Balaban J connectivity index is 1.36. The fourth-order valence-corrected chi connectivity index (χ4v) is 4.49. The molecule has 0 aliphatic heterocycles. The molecule has 1 unspecified atom stereocenters. The van der Waals surface area contributed by atoms with Crippen molar-refractivity contribution in [2.45, 2.75) is 32.4 Å². The van der Waals surface area contributed by atoms with Gasteiger partial charge in [-0.25, -0.2) is 9.19 Å². The van der Waals surface area contributed by atoms with E-state index in [0.717, 1.165) is 29.7 Å². The highest BCUT2D eigenvalue weighted by Gasteiger charge is 2.13. The molecule has 4 rings (SSSR count). The van der Waals surface area contributed by atoms with Crippen molar-refractivity contribution in [2.75, 3.05) is 10.0 Å². The van der Waals surface area contributed by atoms with Gasteiger partial charge < -0.3 is 9.88 Å². The molecule has 0 amide bonds. The van der Waals surface area contributed by atoms with Crippen molar-refractivity contribution in [1.82, 2.24) is 19.5 Å². The Hall–Kier alpha value is -2.89. The largest absolute Gasteiger partial charge is 0.364 e. The smallest absolute Gasteiger partial charge is 0.312 e. The molecule has 11 heteroatoms. The Bertz CT molecular complexity index is 1180. The van der Waals surface area contributed by atoms with E-state index in [2.05, 4.69) is 25.0 Å². The van der Waals surface area contributed by atoms with E-state index in [1.807, 2.05) is 46.3 Å². The molecule has 1 atom stereocenters. The van der Waals surface area contributed by atoms with Crippen LogP contribution in [0.3, 0.4) is 0 Å². The van der Waals surface area contributed by atoms with Gasteiger partial charge in [-0.1, -0.05) is 30.3 Å². The van der Waals surface area contributed by atoms with Crippen LogP contribution in [0.2, 0.25) is 0 Å². The van der Waals surface area contributed by atoms with Crippen molar-refractivity contribution in [3.63, 3.8) is 0 Å². The van der Waals surface area contributed by atoms with Gasteiger partial charge in [0.2, 0.25) is 0 Å². The second-order valence-electron chi connectivity index (χ2n) is 6.90. The van der Waals surface area contributed by atoms with Gasteiger partial charge >= 0.3 is 6.08 Å². The monoisotopic (exact) mass is 460 g/mol. The first-order chi connectivity index (χ1) is 15.1. The third-order valence-electron chi connectivity index (χ3n) is 4.67. The zero-order valence-electron chi connectivity index (χ0n) is 16.5. The van der Waals surface area contributed by atoms with Gasteiger partial charge in [-0.2, -0.15) is 14.4 Å². The molecule has 0 fully saturated rings. The molecule has 0 radical (unpaired) electrons. The van der Waals surface area contributed by atoms with E-state index in [0.29, 0.717) is 35.8 Å². The molecular formula is C20H21FN6O2S2. The number of unbranched alkanes of at least 4 members (excludes halogenated alkanes) is 1. The van der Waals surface area contributed by atoms with Crippen LogP contribution >= 0.6 is 11.3 Å². The molecule has 3 N–H and O–H groups in total. The van der Waals surface area contributed by atoms with E-state index < -0.39 is 17.3 Å². The first-order valence-electron chi connectivity index (χ1n) is 9.69. The molecule has 0 bridgehead atoms. The fourth-order valence-electron chi connectivity index (χ4n) is 3.23. The van der Waals surface area contributed by atoms with Gasteiger partial charge in [0, 0.05) is 23.3 Å². The van der Waals surface area contributed by atoms with Crippen LogP contribution in [0.4, 0.5) is 15.9 Å². The fraction of sp³-hybridized carbons (Fsp3) is 0.250. The van der Waals surface area contributed by atoms with Crippen LogP contribution in [0.15, 0.2) is 48.1 Å². The third kappa shape index (κ3) is 5.63. The number of anilines is 2. The number of aryl methyl sites for hydroxylation is 2. The Labute approximate surface area is 185 Å². The molecule has 0 aliphatic rings. The number of hydrogen-bond donors (Lipinski definition) is 3. The number of fused-ring (bicyclic) bond motifs is 1. The molecule has 8 nitrogen and oxygen atoms in total. The molecular weight excluding hydrogens is 439 g/mol. The minimum Gasteiger partial charge on any atom is -0.364 e. The zero-order valence-corrected chi connectivity index (χ0v) is 18.1. The number of benzene rings is 1. The number of aromatic nitrogens is 4. The lowest BCUT2D eigenvalue weighted by atomic mass is 10.2. The lowest BCUT2D eigenvalue weighted by molar-refractivity contribution is 0.540. The normalized spacial score (nSPS) is 12.2. The topological polar surface area (TPSA) is 105 Å². The van der Waals surface area contributed by atoms with E-state index >= 15 is 0 Å². The van der Waals surface area contributed by atoms with Crippen molar-refractivity contribution in [1.29, 1.82) is 0 Å². The van der Waals surface area contributed by atoms with Crippen molar-refractivity contribution in [2.24, 2.45) is 0 Å². The van der Waals surface area contributed by atoms with E-state index in [4.69, 9.17) is 4.55 Å². The molecule has 3 aromatic heterocycles. The second-order valence-corrected chi connectivity index (χ2v) is 8.60. The van der Waals surface area contributed by atoms with Crippen molar-refractivity contribution in [3.8, 4) is 0 Å². The SMILES string of the molecule is O=S(O)Nc1csc(CCCCn2cnc3c(NCc4ccccc4)nc(F)nc32)c1. The van der Waals surface area contributed by atoms with Crippen LogP contribution in [0.1, 0.15) is 23.3 Å². The lowest BCUT2D eigenvalue weighted by Crippen LogP contribution is -2.06. The summed E-state index contributed by atoms with van der Waals surface area (Å²) in [4.78, 5) is 13.3. The Morgan fingerprint density at radius 3 is 2.84 bits per heavy atom. The number of hydrogen-bond acceptors (Lipinski definition) is 6. The van der Waals surface area contributed by atoms with Crippen LogP contribution in [0.5, 0.6) is 0 Å². The predicted molar refractivity (Wildman–Crippen MR) is 121 cm³/mol. The van der Waals surface area contributed by atoms with Crippen molar-refractivity contribution >= 4 is 45.3 Å². The highest BCUT2D eigenvalue weighted by molar-refractivity contribution is 7.80. The number of halogens is 1. The summed E-state index contributed by atoms with van der Waals surface area (Å²) in [5.41, 5.74) is 2.72.